The maximum absolute atomic E-state index is 10.6. The van der Waals surface area contributed by atoms with Gasteiger partial charge in [0.15, 0.2) is 0 Å². The number of methoxy groups -OCH3 is 1. The first-order chi connectivity index (χ1) is 6.36. The summed E-state index contributed by atoms with van der Waals surface area (Å²) < 4.78 is 4.34. The molecule has 1 unspecified atom stereocenters. The molecule has 6 heteroatoms. The molecule has 0 radical (unpaired) electrons. The average Bonchev–Trinajstić information content (AvgIpc) is 2.13. The van der Waals surface area contributed by atoms with Crippen LogP contribution in [0.4, 0.5) is 4.79 Å². The number of carbonyl (C=O) groups is 2. The minimum Gasteiger partial charge on any atom is -0.466 e. The first kappa shape index (κ1) is 14.9. The standard InChI is InChI=1S/C7H12O3.CH3NO2/c1-4-6(8)5(2)7(9)10-3;2-1(3)4/h6,8H,2,4H2,1,3H3;2H2,(H,3,4). The van der Waals surface area contributed by atoms with E-state index in [1.807, 2.05) is 0 Å². The Morgan fingerprint density at radius 2 is 1.93 bits per heavy atom. The highest BCUT2D eigenvalue weighted by atomic mass is 16.5. The highest BCUT2D eigenvalue weighted by molar-refractivity contribution is 5.88. The van der Waals surface area contributed by atoms with Gasteiger partial charge in [0.05, 0.1) is 18.8 Å². The number of nitrogens with two attached hydrogens (primary N) is 1. The van der Waals surface area contributed by atoms with Crippen molar-refractivity contribution in [3.63, 3.8) is 0 Å². The number of primary amides is 1. The van der Waals surface area contributed by atoms with Crippen LogP contribution >= 0.6 is 0 Å². The van der Waals surface area contributed by atoms with Crippen LogP contribution in [0.5, 0.6) is 0 Å². The number of hydrogen-bond donors (Lipinski definition) is 3. The third-order valence-corrected chi connectivity index (χ3v) is 1.24. The summed E-state index contributed by atoms with van der Waals surface area (Å²) in [5.41, 5.74) is 4.14. The van der Waals surface area contributed by atoms with Crippen molar-refractivity contribution in [1.82, 2.24) is 0 Å². The van der Waals surface area contributed by atoms with Crippen LogP contribution in [0.2, 0.25) is 0 Å². The zero-order valence-corrected chi connectivity index (χ0v) is 8.19. The van der Waals surface area contributed by atoms with E-state index >= 15 is 0 Å². The summed E-state index contributed by atoms with van der Waals surface area (Å²) in [6.45, 7) is 5.13. The number of amides is 1. The molecule has 0 heterocycles. The Bertz CT molecular complexity index is 210. The second kappa shape index (κ2) is 8.06. The number of hydrogen-bond acceptors (Lipinski definition) is 4. The number of esters is 1. The molecule has 0 fully saturated rings. The first-order valence-electron chi connectivity index (χ1n) is 3.80. The Balaban J connectivity index is 0. The predicted molar refractivity (Wildman–Crippen MR) is 49.7 cm³/mol. The van der Waals surface area contributed by atoms with E-state index in [4.69, 9.17) is 15.0 Å². The summed E-state index contributed by atoms with van der Waals surface area (Å²) >= 11 is 0. The van der Waals surface area contributed by atoms with Crippen LogP contribution < -0.4 is 5.73 Å². The van der Waals surface area contributed by atoms with Crippen molar-refractivity contribution >= 4 is 12.1 Å². The average molecular weight is 205 g/mol. The molecular formula is C8H15NO5. The summed E-state index contributed by atoms with van der Waals surface area (Å²) in [7, 11) is 1.26. The number of aliphatic hydroxyl groups excluding tert-OH is 1. The van der Waals surface area contributed by atoms with Crippen LogP contribution in [0, 0.1) is 0 Å². The van der Waals surface area contributed by atoms with Gasteiger partial charge in [-0.1, -0.05) is 13.5 Å². The first-order valence-corrected chi connectivity index (χ1v) is 3.80. The molecular weight excluding hydrogens is 190 g/mol. The zero-order chi connectivity index (χ0) is 11.7. The number of ether oxygens (including phenoxy) is 1. The zero-order valence-electron chi connectivity index (χ0n) is 8.19. The van der Waals surface area contributed by atoms with Gasteiger partial charge in [0.1, 0.15) is 0 Å². The van der Waals surface area contributed by atoms with Crippen molar-refractivity contribution in [3.05, 3.63) is 12.2 Å². The fraction of sp³-hybridized carbons (Fsp3) is 0.500. The molecule has 82 valence electrons. The van der Waals surface area contributed by atoms with Crippen molar-refractivity contribution in [3.8, 4) is 0 Å². The van der Waals surface area contributed by atoms with Gasteiger partial charge >= 0.3 is 12.1 Å². The van der Waals surface area contributed by atoms with E-state index in [1.165, 1.54) is 7.11 Å². The predicted octanol–water partition coefficient (Wildman–Crippen LogP) is 0.110. The number of aliphatic hydroxyl groups is 1. The van der Waals surface area contributed by atoms with Crippen LogP contribution in [0.15, 0.2) is 12.2 Å². The lowest BCUT2D eigenvalue weighted by Crippen LogP contribution is -2.17. The van der Waals surface area contributed by atoms with Crippen LogP contribution in [-0.4, -0.2) is 35.5 Å². The molecule has 0 rings (SSSR count). The Morgan fingerprint density at radius 1 is 1.57 bits per heavy atom. The van der Waals surface area contributed by atoms with E-state index in [2.05, 4.69) is 17.0 Å². The number of carboxylic acid groups (broad SMARTS) is 1. The molecule has 4 N–H and O–H groups in total. The Hall–Kier alpha value is -1.56. The fourth-order valence-corrected chi connectivity index (χ4v) is 0.514. The van der Waals surface area contributed by atoms with E-state index in [0.717, 1.165) is 0 Å². The van der Waals surface area contributed by atoms with Gasteiger partial charge < -0.3 is 20.7 Å². The van der Waals surface area contributed by atoms with Crippen molar-refractivity contribution in [2.45, 2.75) is 19.4 Å². The van der Waals surface area contributed by atoms with Crippen LogP contribution in [-0.2, 0) is 9.53 Å². The van der Waals surface area contributed by atoms with Gasteiger partial charge in [-0.15, -0.1) is 0 Å². The Labute approximate surface area is 82.0 Å². The lowest BCUT2D eigenvalue weighted by molar-refractivity contribution is -0.137. The van der Waals surface area contributed by atoms with E-state index in [9.17, 15) is 4.79 Å². The Kier molecular flexibility index (Phi) is 8.60. The third-order valence-electron chi connectivity index (χ3n) is 1.24. The molecule has 0 saturated carbocycles. The molecule has 6 nitrogen and oxygen atoms in total. The molecule has 0 aromatic heterocycles. The van der Waals surface area contributed by atoms with Crippen LogP contribution in [0.1, 0.15) is 13.3 Å². The molecule has 1 amide bonds. The lowest BCUT2D eigenvalue weighted by atomic mass is 10.1. The topological polar surface area (TPSA) is 110 Å². The van der Waals surface area contributed by atoms with Crippen LogP contribution in [0.25, 0.3) is 0 Å². The van der Waals surface area contributed by atoms with Crippen molar-refractivity contribution in [2.24, 2.45) is 5.73 Å². The monoisotopic (exact) mass is 205 g/mol. The van der Waals surface area contributed by atoms with Gasteiger partial charge in [0.2, 0.25) is 0 Å². The van der Waals surface area contributed by atoms with E-state index in [0.29, 0.717) is 6.42 Å². The third kappa shape index (κ3) is 8.54. The fourth-order valence-electron chi connectivity index (χ4n) is 0.514. The smallest absolute Gasteiger partial charge is 0.402 e. The van der Waals surface area contributed by atoms with E-state index in [-0.39, 0.29) is 5.57 Å². The normalized spacial score (nSPS) is 10.5. The SMILES string of the molecule is C=C(C(=O)OC)C(O)CC.NC(=O)O. The van der Waals surface area contributed by atoms with Crippen molar-refractivity contribution < 1.29 is 24.5 Å². The minimum absolute atomic E-state index is 0.116. The second-order valence-corrected chi connectivity index (χ2v) is 2.28. The minimum atomic E-state index is -1.33. The molecule has 0 aliphatic carbocycles. The second-order valence-electron chi connectivity index (χ2n) is 2.28. The molecule has 0 spiro atoms. The molecule has 14 heavy (non-hydrogen) atoms. The molecule has 0 aliphatic rings. The highest BCUT2D eigenvalue weighted by Gasteiger charge is 2.13. The quantitative estimate of drug-likeness (QED) is 0.447. The number of carbonyl (C=O) groups excluding carboxylic acids is 1. The van der Waals surface area contributed by atoms with Gasteiger partial charge in [-0.25, -0.2) is 9.59 Å². The van der Waals surface area contributed by atoms with Crippen LogP contribution in [0.3, 0.4) is 0 Å². The lowest BCUT2D eigenvalue weighted by Gasteiger charge is -2.07. The van der Waals surface area contributed by atoms with Gasteiger partial charge in [0.25, 0.3) is 0 Å². The summed E-state index contributed by atoms with van der Waals surface area (Å²) in [5, 5.41) is 16.2. The highest BCUT2D eigenvalue weighted by Crippen LogP contribution is 2.04. The van der Waals surface area contributed by atoms with Gasteiger partial charge in [0, 0.05) is 0 Å². The molecule has 0 aromatic carbocycles. The molecule has 0 aromatic rings. The molecule has 0 saturated heterocycles. The molecule has 0 bridgehead atoms. The Morgan fingerprint density at radius 3 is 2.14 bits per heavy atom. The summed E-state index contributed by atoms with van der Waals surface area (Å²) in [4.78, 5) is 19.4. The van der Waals surface area contributed by atoms with E-state index < -0.39 is 18.2 Å². The largest absolute Gasteiger partial charge is 0.466 e. The van der Waals surface area contributed by atoms with Crippen molar-refractivity contribution in [2.75, 3.05) is 7.11 Å². The van der Waals surface area contributed by atoms with Gasteiger partial charge in [-0.3, -0.25) is 0 Å². The summed E-state index contributed by atoms with van der Waals surface area (Å²) in [5.74, 6) is -0.547. The maximum Gasteiger partial charge on any atom is 0.402 e. The maximum atomic E-state index is 10.6. The van der Waals surface area contributed by atoms with Gasteiger partial charge in [-0.05, 0) is 6.42 Å². The van der Waals surface area contributed by atoms with E-state index in [1.54, 1.807) is 6.92 Å². The molecule has 1 atom stereocenters. The summed E-state index contributed by atoms with van der Waals surface area (Å²) in [6, 6.07) is 0. The summed E-state index contributed by atoms with van der Waals surface area (Å²) in [6.07, 6.45) is -1.62. The number of rotatable bonds is 3. The molecule has 0 aliphatic heterocycles. The van der Waals surface area contributed by atoms with Gasteiger partial charge in [-0.2, -0.15) is 0 Å². The van der Waals surface area contributed by atoms with Crippen molar-refractivity contribution in [1.29, 1.82) is 0 Å².